The van der Waals surface area contributed by atoms with E-state index in [1.54, 1.807) is 0 Å². The molecule has 2 nitrogen and oxygen atoms in total. The first kappa shape index (κ1) is 16.7. The highest BCUT2D eigenvalue weighted by Gasteiger charge is 2.15. The molecule has 1 rings (SSSR count). The lowest BCUT2D eigenvalue weighted by molar-refractivity contribution is 0.287. The molecule has 0 aliphatic heterocycles. The van der Waals surface area contributed by atoms with Gasteiger partial charge in [0.2, 0.25) is 0 Å². The zero-order chi connectivity index (χ0) is 14.3. The lowest BCUT2D eigenvalue weighted by atomic mass is 9.95. The van der Waals surface area contributed by atoms with Crippen LogP contribution in [0.2, 0.25) is 0 Å². The molecule has 0 aromatic carbocycles. The fourth-order valence-corrected chi connectivity index (χ4v) is 3.10. The summed E-state index contributed by atoms with van der Waals surface area (Å²) >= 11 is 1.94. The van der Waals surface area contributed by atoms with Crippen molar-refractivity contribution in [3.63, 3.8) is 0 Å². The monoisotopic (exact) mass is 282 g/mol. The minimum atomic E-state index is 0.281. The van der Waals surface area contributed by atoms with Gasteiger partial charge in [-0.1, -0.05) is 34.6 Å². The summed E-state index contributed by atoms with van der Waals surface area (Å²) < 4.78 is 0. The van der Waals surface area contributed by atoms with Crippen LogP contribution in [0.4, 0.5) is 0 Å². The molecule has 0 radical (unpaired) electrons. The van der Waals surface area contributed by atoms with Crippen LogP contribution >= 0.6 is 11.3 Å². The maximum atomic E-state index is 3.56. The van der Waals surface area contributed by atoms with Gasteiger partial charge in [0, 0.05) is 29.4 Å². The Hall–Kier alpha value is -0.380. The normalized spacial score (nSPS) is 12.3. The van der Waals surface area contributed by atoms with E-state index in [9.17, 15) is 0 Å². The topological polar surface area (TPSA) is 15.3 Å². The molecule has 0 saturated heterocycles. The molecule has 3 heteroatoms. The van der Waals surface area contributed by atoms with Gasteiger partial charge in [-0.3, -0.25) is 0 Å². The Morgan fingerprint density at radius 3 is 2.42 bits per heavy atom. The van der Waals surface area contributed by atoms with Crippen molar-refractivity contribution < 1.29 is 0 Å². The van der Waals surface area contributed by atoms with E-state index in [-0.39, 0.29) is 5.41 Å². The Morgan fingerprint density at radius 1 is 1.16 bits per heavy atom. The predicted molar refractivity (Wildman–Crippen MR) is 87.1 cm³/mol. The first-order chi connectivity index (χ1) is 8.97. The minimum Gasteiger partial charge on any atom is -0.311 e. The van der Waals surface area contributed by atoms with Crippen LogP contribution in [0.25, 0.3) is 0 Å². The van der Waals surface area contributed by atoms with Crippen LogP contribution in [0.3, 0.4) is 0 Å². The Bertz CT molecular complexity index is 352. The van der Waals surface area contributed by atoms with E-state index in [1.807, 2.05) is 11.3 Å². The molecule has 0 spiro atoms. The summed E-state index contributed by atoms with van der Waals surface area (Å²) in [6.07, 6.45) is 1.24. The molecule has 0 bridgehead atoms. The standard InChI is InChI=1S/C16H30N2S/c1-6-11-18(7-2)12-10-17-13-14-8-9-15(19-14)16(3,4)5/h8-9,17H,6-7,10-13H2,1-5H3. The third-order valence-corrected chi connectivity index (χ3v) is 4.80. The third kappa shape index (κ3) is 6.07. The lowest BCUT2D eigenvalue weighted by Gasteiger charge is -2.19. The van der Waals surface area contributed by atoms with Gasteiger partial charge in [0.25, 0.3) is 0 Å². The molecular formula is C16H30N2S. The number of hydrogen-bond acceptors (Lipinski definition) is 3. The third-order valence-electron chi connectivity index (χ3n) is 3.29. The molecule has 1 aromatic heterocycles. The highest BCUT2D eigenvalue weighted by molar-refractivity contribution is 7.12. The zero-order valence-electron chi connectivity index (χ0n) is 13.3. The van der Waals surface area contributed by atoms with Crippen molar-refractivity contribution in [3.8, 4) is 0 Å². The van der Waals surface area contributed by atoms with E-state index in [0.29, 0.717) is 0 Å². The highest BCUT2D eigenvalue weighted by Crippen LogP contribution is 2.29. The van der Waals surface area contributed by atoms with Gasteiger partial charge in [-0.25, -0.2) is 0 Å². The number of nitrogens with zero attached hydrogens (tertiary/aromatic N) is 1. The molecule has 19 heavy (non-hydrogen) atoms. The van der Waals surface area contributed by atoms with Gasteiger partial charge in [-0.2, -0.15) is 0 Å². The first-order valence-corrected chi connectivity index (χ1v) is 8.31. The Balaban J connectivity index is 2.28. The van der Waals surface area contributed by atoms with Crippen molar-refractivity contribution in [2.75, 3.05) is 26.2 Å². The molecule has 110 valence electrons. The van der Waals surface area contributed by atoms with Crippen molar-refractivity contribution in [1.29, 1.82) is 0 Å². The number of thiophene rings is 1. The van der Waals surface area contributed by atoms with Gasteiger partial charge in [-0.05, 0) is 37.1 Å². The molecule has 0 saturated carbocycles. The highest BCUT2D eigenvalue weighted by atomic mass is 32.1. The molecule has 1 N–H and O–H groups in total. The number of hydrogen-bond donors (Lipinski definition) is 1. The average Bonchev–Trinajstić information content (AvgIpc) is 2.81. The molecular weight excluding hydrogens is 252 g/mol. The van der Waals surface area contributed by atoms with Gasteiger partial charge in [0.05, 0.1) is 0 Å². The van der Waals surface area contributed by atoms with Crippen LogP contribution in [0.1, 0.15) is 50.8 Å². The molecule has 0 amide bonds. The summed E-state index contributed by atoms with van der Waals surface area (Å²) in [6.45, 7) is 16.9. The molecule has 1 heterocycles. The minimum absolute atomic E-state index is 0.281. The van der Waals surface area contributed by atoms with Crippen LogP contribution in [0.15, 0.2) is 12.1 Å². The molecule has 0 aliphatic rings. The molecule has 0 unspecified atom stereocenters. The maximum absolute atomic E-state index is 3.56. The van der Waals surface area contributed by atoms with Crippen LogP contribution in [-0.4, -0.2) is 31.1 Å². The molecule has 0 atom stereocenters. The summed E-state index contributed by atoms with van der Waals surface area (Å²) in [7, 11) is 0. The van der Waals surface area contributed by atoms with Crippen LogP contribution in [0, 0.1) is 0 Å². The summed E-state index contributed by atoms with van der Waals surface area (Å²) in [5.74, 6) is 0. The fourth-order valence-electron chi connectivity index (χ4n) is 2.07. The second kappa shape index (κ2) is 8.03. The fraction of sp³-hybridized carbons (Fsp3) is 0.750. The summed E-state index contributed by atoms with van der Waals surface area (Å²) in [5.41, 5.74) is 0.281. The maximum Gasteiger partial charge on any atom is 0.0300 e. The largest absolute Gasteiger partial charge is 0.311 e. The molecule has 0 fully saturated rings. The van der Waals surface area contributed by atoms with Gasteiger partial charge < -0.3 is 10.2 Å². The number of likely N-dealkylation sites (N-methyl/N-ethyl adjacent to an activating group) is 1. The second-order valence-electron chi connectivity index (χ2n) is 6.13. The van der Waals surface area contributed by atoms with Crippen LogP contribution < -0.4 is 5.32 Å². The molecule has 1 aromatic rings. The Kier molecular flexibility index (Phi) is 7.05. The van der Waals surface area contributed by atoms with E-state index in [0.717, 1.165) is 26.2 Å². The lowest BCUT2D eigenvalue weighted by Crippen LogP contribution is -2.32. The van der Waals surface area contributed by atoms with Crippen LogP contribution in [-0.2, 0) is 12.0 Å². The predicted octanol–water partition coefficient (Wildman–Crippen LogP) is 3.87. The number of nitrogens with one attached hydrogen (secondary N) is 1. The van der Waals surface area contributed by atoms with Crippen molar-refractivity contribution in [2.24, 2.45) is 0 Å². The van der Waals surface area contributed by atoms with Gasteiger partial charge in [0.15, 0.2) is 0 Å². The molecule has 0 aliphatic carbocycles. The van der Waals surface area contributed by atoms with E-state index >= 15 is 0 Å². The van der Waals surface area contributed by atoms with Crippen molar-refractivity contribution in [1.82, 2.24) is 10.2 Å². The number of rotatable bonds is 8. The van der Waals surface area contributed by atoms with Crippen molar-refractivity contribution in [2.45, 2.75) is 53.0 Å². The van der Waals surface area contributed by atoms with Crippen molar-refractivity contribution >= 4 is 11.3 Å². The van der Waals surface area contributed by atoms with Crippen LogP contribution in [0.5, 0.6) is 0 Å². The zero-order valence-corrected chi connectivity index (χ0v) is 14.1. The van der Waals surface area contributed by atoms with E-state index in [4.69, 9.17) is 0 Å². The SMILES string of the molecule is CCCN(CC)CCNCc1ccc(C(C)(C)C)s1. The quantitative estimate of drug-likeness (QED) is 0.728. The van der Waals surface area contributed by atoms with Gasteiger partial charge in [0.1, 0.15) is 0 Å². The van der Waals surface area contributed by atoms with E-state index in [1.165, 1.54) is 22.7 Å². The average molecular weight is 282 g/mol. The summed E-state index contributed by atoms with van der Waals surface area (Å²) in [4.78, 5) is 5.43. The first-order valence-electron chi connectivity index (χ1n) is 7.49. The smallest absolute Gasteiger partial charge is 0.0300 e. The second-order valence-corrected chi connectivity index (χ2v) is 7.30. The van der Waals surface area contributed by atoms with Gasteiger partial charge >= 0.3 is 0 Å². The Labute approximate surface area is 123 Å². The van der Waals surface area contributed by atoms with Crippen molar-refractivity contribution in [3.05, 3.63) is 21.9 Å². The summed E-state index contributed by atoms with van der Waals surface area (Å²) in [6, 6.07) is 4.54. The summed E-state index contributed by atoms with van der Waals surface area (Å²) in [5, 5.41) is 3.56. The Morgan fingerprint density at radius 2 is 1.89 bits per heavy atom. The van der Waals surface area contributed by atoms with E-state index < -0.39 is 0 Å². The van der Waals surface area contributed by atoms with Gasteiger partial charge in [-0.15, -0.1) is 11.3 Å². The van der Waals surface area contributed by atoms with E-state index in [2.05, 4.69) is 57.0 Å².